The molecule has 0 aromatic heterocycles. The minimum absolute atomic E-state index is 0.0528. The van der Waals surface area contributed by atoms with Gasteiger partial charge in [0.25, 0.3) is 5.91 Å². The summed E-state index contributed by atoms with van der Waals surface area (Å²) in [6.45, 7) is 3.40. The molecule has 0 spiro atoms. The summed E-state index contributed by atoms with van der Waals surface area (Å²) in [5, 5.41) is 2.83. The van der Waals surface area contributed by atoms with Crippen LogP contribution >= 0.6 is 0 Å². The third kappa shape index (κ3) is 6.03. The van der Waals surface area contributed by atoms with E-state index >= 15 is 0 Å². The standard InChI is InChI=1S/C20H22FNO3/c1-14(11-12-16-7-4-3-5-8-16)22-19(23)15(2)25-20(24)17-9-6-10-18(21)13-17/h3-10,13-15H,11-12H2,1-2H3,(H,22,23)/t14-,15-/m1/s1. The average Bonchev–Trinajstić information content (AvgIpc) is 2.60. The van der Waals surface area contributed by atoms with Gasteiger partial charge in [-0.1, -0.05) is 36.4 Å². The smallest absolute Gasteiger partial charge is 0.339 e. The number of halogens is 1. The number of carbonyl (C=O) groups is 2. The summed E-state index contributed by atoms with van der Waals surface area (Å²) in [5.74, 6) is -1.62. The Morgan fingerprint density at radius 3 is 2.48 bits per heavy atom. The SMILES string of the molecule is C[C@H](CCc1ccccc1)NC(=O)[C@@H](C)OC(=O)c1cccc(F)c1. The predicted molar refractivity (Wildman–Crippen MR) is 93.6 cm³/mol. The first kappa shape index (κ1) is 18.6. The number of carbonyl (C=O) groups excluding carboxylic acids is 2. The summed E-state index contributed by atoms with van der Waals surface area (Å²) in [7, 11) is 0. The van der Waals surface area contributed by atoms with Crippen LogP contribution in [0, 0.1) is 5.82 Å². The van der Waals surface area contributed by atoms with Crippen LogP contribution < -0.4 is 5.32 Å². The summed E-state index contributed by atoms with van der Waals surface area (Å²) < 4.78 is 18.2. The number of amides is 1. The molecule has 1 N–H and O–H groups in total. The van der Waals surface area contributed by atoms with Crippen molar-refractivity contribution in [3.8, 4) is 0 Å². The molecule has 0 bridgehead atoms. The van der Waals surface area contributed by atoms with E-state index in [1.807, 2.05) is 37.3 Å². The largest absolute Gasteiger partial charge is 0.449 e. The highest BCUT2D eigenvalue weighted by Crippen LogP contribution is 2.08. The number of nitrogens with one attached hydrogen (secondary N) is 1. The number of hydrogen-bond donors (Lipinski definition) is 1. The molecular formula is C20H22FNO3. The van der Waals surface area contributed by atoms with Crippen LogP contribution in [-0.2, 0) is 16.0 Å². The van der Waals surface area contributed by atoms with Gasteiger partial charge in [0.15, 0.2) is 6.10 Å². The lowest BCUT2D eigenvalue weighted by Crippen LogP contribution is -2.41. The van der Waals surface area contributed by atoms with E-state index < -0.39 is 17.9 Å². The van der Waals surface area contributed by atoms with Gasteiger partial charge in [-0.25, -0.2) is 9.18 Å². The molecule has 5 heteroatoms. The Kier molecular flexibility index (Phi) is 6.69. The Morgan fingerprint density at radius 2 is 1.80 bits per heavy atom. The van der Waals surface area contributed by atoms with Gasteiger partial charge in [-0.2, -0.15) is 0 Å². The minimum atomic E-state index is -0.949. The molecule has 2 aromatic carbocycles. The van der Waals surface area contributed by atoms with E-state index in [9.17, 15) is 14.0 Å². The van der Waals surface area contributed by atoms with Crippen LogP contribution in [0.3, 0.4) is 0 Å². The molecule has 2 aromatic rings. The first-order valence-electron chi connectivity index (χ1n) is 8.26. The van der Waals surface area contributed by atoms with Crippen molar-refractivity contribution in [1.82, 2.24) is 5.32 Å². The third-order valence-corrected chi connectivity index (χ3v) is 3.81. The van der Waals surface area contributed by atoms with E-state index in [4.69, 9.17) is 4.74 Å². The molecular weight excluding hydrogens is 321 g/mol. The van der Waals surface area contributed by atoms with Gasteiger partial charge in [0.1, 0.15) is 5.82 Å². The lowest BCUT2D eigenvalue weighted by atomic mass is 10.1. The molecule has 0 unspecified atom stereocenters. The van der Waals surface area contributed by atoms with E-state index in [0.29, 0.717) is 0 Å². The third-order valence-electron chi connectivity index (χ3n) is 3.81. The average molecular weight is 343 g/mol. The zero-order valence-electron chi connectivity index (χ0n) is 14.4. The van der Waals surface area contributed by atoms with Gasteiger partial charge in [0.2, 0.25) is 0 Å². The van der Waals surface area contributed by atoms with Gasteiger partial charge in [-0.3, -0.25) is 4.79 Å². The van der Waals surface area contributed by atoms with E-state index in [1.54, 1.807) is 0 Å². The number of hydrogen-bond acceptors (Lipinski definition) is 3. The monoisotopic (exact) mass is 343 g/mol. The fraction of sp³-hybridized carbons (Fsp3) is 0.300. The van der Waals surface area contributed by atoms with Gasteiger partial charge in [-0.15, -0.1) is 0 Å². The van der Waals surface area contributed by atoms with E-state index in [0.717, 1.165) is 18.9 Å². The quantitative estimate of drug-likeness (QED) is 0.783. The molecule has 132 valence electrons. The van der Waals surface area contributed by atoms with Crippen LogP contribution in [0.1, 0.15) is 36.2 Å². The highest BCUT2D eigenvalue weighted by Gasteiger charge is 2.20. The fourth-order valence-electron chi connectivity index (χ4n) is 2.36. The summed E-state index contributed by atoms with van der Waals surface area (Å²) in [6, 6.07) is 15.1. The maximum Gasteiger partial charge on any atom is 0.339 e. The van der Waals surface area contributed by atoms with Crippen LogP contribution in [0.2, 0.25) is 0 Å². The highest BCUT2D eigenvalue weighted by molar-refractivity contribution is 5.92. The van der Waals surface area contributed by atoms with Crippen molar-refractivity contribution < 1.29 is 18.7 Å². The first-order valence-corrected chi connectivity index (χ1v) is 8.26. The van der Waals surface area contributed by atoms with Crippen molar-refractivity contribution in [1.29, 1.82) is 0 Å². The van der Waals surface area contributed by atoms with Gasteiger partial charge in [0, 0.05) is 6.04 Å². The number of aryl methyl sites for hydroxylation is 1. The Morgan fingerprint density at radius 1 is 1.08 bits per heavy atom. The van der Waals surface area contributed by atoms with Crippen LogP contribution in [0.25, 0.3) is 0 Å². The van der Waals surface area contributed by atoms with Crippen molar-refractivity contribution in [3.63, 3.8) is 0 Å². The van der Waals surface area contributed by atoms with Crippen molar-refractivity contribution in [2.75, 3.05) is 0 Å². The fourth-order valence-corrected chi connectivity index (χ4v) is 2.36. The van der Waals surface area contributed by atoms with Crippen molar-refractivity contribution >= 4 is 11.9 Å². The Bertz CT molecular complexity index is 718. The summed E-state index contributed by atoms with van der Waals surface area (Å²) in [6.07, 6.45) is 0.676. The second-order valence-electron chi connectivity index (χ2n) is 5.99. The Balaban J connectivity index is 1.80. The van der Waals surface area contributed by atoms with E-state index in [2.05, 4.69) is 5.32 Å². The van der Waals surface area contributed by atoms with Crippen molar-refractivity contribution in [2.45, 2.75) is 38.8 Å². The zero-order valence-corrected chi connectivity index (χ0v) is 14.4. The van der Waals surface area contributed by atoms with E-state index in [-0.39, 0.29) is 17.5 Å². The van der Waals surface area contributed by atoms with Crippen molar-refractivity contribution in [2.24, 2.45) is 0 Å². The molecule has 1 amide bonds. The number of benzene rings is 2. The molecule has 0 saturated carbocycles. The molecule has 0 fully saturated rings. The summed E-state index contributed by atoms with van der Waals surface area (Å²) in [5.41, 5.74) is 1.28. The normalized spacial score (nSPS) is 12.9. The summed E-state index contributed by atoms with van der Waals surface area (Å²) >= 11 is 0. The van der Waals surface area contributed by atoms with Crippen LogP contribution in [0.15, 0.2) is 54.6 Å². The molecule has 2 atom stereocenters. The maximum absolute atomic E-state index is 13.1. The van der Waals surface area contributed by atoms with Crippen LogP contribution in [-0.4, -0.2) is 24.0 Å². The minimum Gasteiger partial charge on any atom is -0.449 e. The van der Waals surface area contributed by atoms with Gasteiger partial charge in [-0.05, 0) is 50.5 Å². The van der Waals surface area contributed by atoms with Gasteiger partial charge >= 0.3 is 5.97 Å². The second kappa shape index (κ2) is 8.97. The number of ether oxygens (including phenoxy) is 1. The Hall–Kier alpha value is -2.69. The van der Waals surface area contributed by atoms with Crippen LogP contribution in [0.4, 0.5) is 4.39 Å². The molecule has 25 heavy (non-hydrogen) atoms. The highest BCUT2D eigenvalue weighted by atomic mass is 19.1. The zero-order chi connectivity index (χ0) is 18.2. The lowest BCUT2D eigenvalue weighted by molar-refractivity contribution is -0.129. The molecule has 2 rings (SSSR count). The van der Waals surface area contributed by atoms with Crippen LogP contribution in [0.5, 0.6) is 0 Å². The predicted octanol–water partition coefficient (Wildman–Crippen LogP) is 3.51. The number of rotatable bonds is 7. The molecule has 0 radical (unpaired) electrons. The van der Waals surface area contributed by atoms with Crippen molar-refractivity contribution in [3.05, 3.63) is 71.5 Å². The summed E-state index contributed by atoms with van der Waals surface area (Å²) in [4.78, 5) is 24.1. The topological polar surface area (TPSA) is 55.4 Å². The molecule has 0 aliphatic rings. The van der Waals surface area contributed by atoms with Gasteiger partial charge in [0.05, 0.1) is 5.56 Å². The Labute approximate surface area is 147 Å². The molecule has 0 saturated heterocycles. The second-order valence-corrected chi connectivity index (χ2v) is 5.99. The van der Waals surface area contributed by atoms with Gasteiger partial charge < -0.3 is 10.1 Å². The molecule has 4 nitrogen and oxygen atoms in total. The first-order chi connectivity index (χ1) is 12.0. The number of esters is 1. The molecule has 0 aliphatic heterocycles. The molecule has 0 heterocycles. The molecule has 0 aliphatic carbocycles. The lowest BCUT2D eigenvalue weighted by Gasteiger charge is -2.18. The van der Waals surface area contributed by atoms with E-state index in [1.165, 1.54) is 30.7 Å². The maximum atomic E-state index is 13.1.